The van der Waals surface area contributed by atoms with Gasteiger partial charge in [-0.25, -0.2) is 4.79 Å². The number of hydrogen-bond donors (Lipinski definition) is 1. The first kappa shape index (κ1) is 15.1. The molecule has 4 nitrogen and oxygen atoms in total. The molecule has 0 saturated carbocycles. The topological polar surface area (TPSA) is 47.6 Å². The number of halogens is 1. The van der Waals surface area contributed by atoms with E-state index in [9.17, 15) is 4.79 Å². The SMILES string of the molecule is CC(C)CNCc1cccc(Cl)c1OC1CCOC1=O. The molecule has 20 heavy (non-hydrogen) atoms. The van der Waals surface area contributed by atoms with E-state index < -0.39 is 6.10 Å². The van der Waals surface area contributed by atoms with Gasteiger partial charge in [-0.2, -0.15) is 0 Å². The Hall–Kier alpha value is -1.26. The highest BCUT2D eigenvalue weighted by Crippen LogP contribution is 2.31. The number of carbonyl (C=O) groups is 1. The highest BCUT2D eigenvalue weighted by Gasteiger charge is 2.29. The Morgan fingerprint density at radius 3 is 2.95 bits per heavy atom. The van der Waals surface area contributed by atoms with E-state index in [1.165, 1.54) is 0 Å². The highest BCUT2D eigenvalue weighted by molar-refractivity contribution is 6.32. The molecule has 5 heteroatoms. The average Bonchev–Trinajstić information content (AvgIpc) is 2.78. The normalized spacial score (nSPS) is 18.4. The molecule has 110 valence electrons. The summed E-state index contributed by atoms with van der Waals surface area (Å²) in [5.41, 5.74) is 0.956. The molecule has 1 aromatic rings. The molecule has 0 radical (unpaired) electrons. The number of rotatable bonds is 6. The summed E-state index contributed by atoms with van der Waals surface area (Å²) < 4.78 is 10.7. The van der Waals surface area contributed by atoms with Crippen LogP contribution in [0.25, 0.3) is 0 Å². The Kier molecular flexibility index (Phi) is 5.26. The van der Waals surface area contributed by atoms with Gasteiger partial charge in [-0.1, -0.05) is 37.6 Å². The second kappa shape index (κ2) is 6.95. The third-order valence-corrected chi connectivity index (χ3v) is 3.36. The molecule has 1 aliphatic rings. The van der Waals surface area contributed by atoms with Gasteiger partial charge in [-0.3, -0.25) is 0 Å². The van der Waals surface area contributed by atoms with Gasteiger partial charge in [-0.15, -0.1) is 0 Å². The van der Waals surface area contributed by atoms with Crippen molar-refractivity contribution in [1.82, 2.24) is 5.32 Å². The molecule has 2 rings (SSSR count). The van der Waals surface area contributed by atoms with E-state index in [1.807, 2.05) is 12.1 Å². The van der Waals surface area contributed by atoms with Crippen molar-refractivity contribution in [1.29, 1.82) is 0 Å². The quantitative estimate of drug-likeness (QED) is 0.820. The van der Waals surface area contributed by atoms with E-state index in [2.05, 4.69) is 19.2 Å². The summed E-state index contributed by atoms with van der Waals surface area (Å²) in [6, 6.07) is 5.60. The zero-order valence-corrected chi connectivity index (χ0v) is 12.6. The molecule has 0 bridgehead atoms. The van der Waals surface area contributed by atoms with Crippen LogP contribution in [0.4, 0.5) is 0 Å². The molecule has 1 N–H and O–H groups in total. The number of esters is 1. The van der Waals surface area contributed by atoms with Crippen LogP contribution in [-0.2, 0) is 16.1 Å². The van der Waals surface area contributed by atoms with Gasteiger partial charge in [0.05, 0.1) is 11.6 Å². The monoisotopic (exact) mass is 297 g/mol. The molecule has 1 unspecified atom stereocenters. The van der Waals surface area contributed by atoms with Crippen molar-refractivity contribution in [3.63, 3.8) is 0 Å². The van der Waals surface area contributed by atoms with Gasteiger partial charge in [0.2, 0.25) is 0 Å². The number of hydrogen-bond acceptors (Lipinski definition) is 4. The Balaban J connectivity index is 2.07. The van der Waals surface area contributed by atoms with Crippen LogP contribution >= 0.6 is 11.6 Å². The van der Waals surface area contributed by atoms with Crippen LogP contribution in [0.15, 0.2) is 18.2 Å². The molecule has 1 atom stereocenters. The summed E-state index contributed by atoms with van der Waals surface area (Å²) in [6.07, 6.45) is 0.0295. The maximum absolute atomic E-state index is 11.5. The highest BCUT2D eigenvalue weighted by atomic mass is 35.5. The van der Waals surface area contributed by atoms with Crippen molar-refractivity contribution in [2.45, 2.75) is 32.9 Å². The lowest BCUT2D eigenvalue weighted by Crippen LogP contribution is -2.24. The maximum atomic E-state index is 11.5. The summed E-state index contributed by atoms with van der Waals surface area (Å²) in [7, 11) is 0. The summed E-state index contributed by atoms with van der Waals surface area (Å²) in [6.45, 7) is 6.29. The summed E-state index contributed by atoms with van der Waals surface area (Å²) in [5, 5.41) is 3.87. The molecule has 1 fully saturated rings. The minimum absolute atomic E-state index is 0.314. The number of cyclic esters (lactones) is 1. The zero-order chi connectivity index (χ0) is 14.5. The smallest absolute Gasteiger partial charge is 0.347 e. The second-order valence-electron chi connectivity index (χ2n) is 5.32. The van der Waals surface area contributed by atoms with Gasteiger partial charge in [0.1, 0.15) is 5.75 Å². The van der Waals surface area contributed by atoms with Gasteiger partial charge in [-0.05, 0) is 18.5 Å². The van der Waals surface area contributed by atoms with Crippen molar-refractivity contribution < 1.29 is 14.3 Å². The fraction of sp³-hybridized carbons (Fsp3) is 0.533. The van der Waals surface area contributed by atoms with E-state index in [4.69, 9.17) is 21.1 Å². The molecular formula is C15H20ClNO3. The lowest BCUT2D eigenvalue weighted by molar-refractivity contribution is -0.143. The molecule has 0 amide bonds. The first-order valence-electron chi connectivity index (χ1n) is 6.89. The molecule has 0 spiro atoms. The molecule has 1 aliphatic heterocycles. The fourth-order valence-electron chi connectivity index (χ4n) is 2.05. The number of para-hydroxylation sites is 1. The molecular weight excluding hydrogens is 278 g/mol. The van der Waals surface area contributed by atoms with Crippen LogP contribution in [0.2, 0.25) is 5.02 Å². The van der Waals surface area contributed by atoms with E-state index in [0.29, 0.717) is 36.3 Å². The predicted molar refractivity (Wildman–Crippen MR) is 78.0 cm³/mol. The summed E-state index contributed by atoms with van der Waals surface area (Å²) >= 11 is 6.19. The standard InChI is InChI=1S/C15H20ClNO3/c1-10(2)8-17-9-11-4-3-5-12(16)14(11)20-13-6-7-19-15(13)18/h3-5,10,13,17H,6-9H2,1-2H3. The van der Waals surface area contributed by atoms with Crippen molar-refractivity contribution in [2.24, 2.45) is 5.92 Å². The largest absolute Gasteiger partial charge is 0.477 e. The van der Waals surface area contributed by atoms with Gasteiger partial charge < -0.3 is 14.8 Å². The van der Waals surface area contributed by atoms with Crippen molar-refractivity contribution in [3.8, 4) is 5.75 Å². The predicted octanol–water partition coefficient (Wildman–Crippen LogP) is 2.78. The Morgan fingerprint density at radius 2 is 2.30 bits per heavy atom. The number of carbonyl (C=O) groups excluding carboxylic acids is 1. The molecule has 1 aromatic carbocycles. The fourth-order valence-corrected chi connectivity index (χ4v) is 2.29. The Labute approximate surface area is 124 Å². The third kappa shape index (κ3) is 3.87. The van der Waals surface area contributed by atoms with E-state index in [1.54, 1.807) is 6.07 Å². The van der Waals surface area contributed by atoms with Crippen LogP contribution in [0.3, 0.4) is 0 Å². The van der Waals surface area contributed by atoms with E-state index >= 15 is 0 Å². The van der Waals surface area contributed by atoms with Crippen LogP contribution in [0.1, 0.15) is 25.8 Å². The van der Waals surface area contributed by atoms with Gasteiger partial charge >= 0.3 is 5.97 Å². The number of benzene rings is 1. The van der Waals surface area contributed by atoms with Gasteiger partial charge in [0.25, 0.3) is 0 Å². The van der Waals surface area contributed by atoms with E-state index in [0.717, 1.165) is 12.1 Å². The third-order valence-electron chi connectivity index (χ3n) is 3.06. The van der Waals surface area contributed by atoms with Crippen LogP contribution < -0.4 is 10.1 Å². The van der Waals surface area contributed by atoms with Crippen molar-refractivity contribution in [3.05, 3.63) is 28.8 Å². The Morgan fingerprint density at radius 1 is 1.50 bits per heavy atom. The summed E-state index contributed by atoms with van der Waals surface area (Å²) in [5.74, 6) is 0.837. The number of nitrogens with one attached hydrogen (secondary N) is 1. The summed E-state index contributed by atoms with van der Waals surface area (Å²) in [4.78, 5) is 11.5. The van der Waals surface area contributed by atoms with Crippen molar-refractivity contribution in [2.75, 3.05) is 13.2 Å². The van der Waals surface area contributed by atoms with Crippen LogP contribution in [0.5, 0.6) is 5.75 Å². The first-order chi connectivity index (χ1) is 9.58. The molecule has 0 aromatic heterocycles. The van der Waals surface area contributed by atoms with E-state index in [-0.39, 0.29) is 5.97 Å². The van der Waals surface area contributed by atoms with Gasteiger partial charge in [0, 0.05) is 18.5 Å². The van der Waals surface area contributed by atoms with Gasteiger partial charge in [0.15, 0.2) is 6.10 Å². The number of ether oxygens (including phenoxy) is 2. The average molecular weight is 298 g/mol. The van der Waals surface area contributed by atoms with Crippen molar-refractivity contribution >= 4 is 17.6 Å². The lowest BCUT2D eigenvalue weighted by atomic mass is 10.1. The second-order valence-corrected chi connectivity index (χ2v) is 5.72. The zero-order valence-electron chi connectivity index (χ0n) is 11.8. The molecule has 0 aliphatic carbocycles. The first-order valence-corrected chi connectivity index (χ1v) is 7.27. The lowest BCUT2D eigenvalue weighted by Gasteiger charge is -2.16. The molecule has 1 heterocycles. The minimum atomic E-state index is -0.543. The minimum Gasteiger partial charge on any atom is -0.477 e. The maximum Gasteiger partial charge on any atom is 0.347 e. The van der Waals surface area contributed by atoms with Crippen LogP contribution in [0, 0.1) is 5.92 Å². The van der Waals surface area contributed by atoms with Crippen LogP contribution in [-0.4, -0.2) is 25.2 Å². The molecule has 1 saturated heterocycles. The Bertz CT molecular complexity index is 476.